The molecule has 1 aliphatic heterocycles. The third-order valence-corrected chi connectivity index (χ3v) is 5.14. The Hall–Kier alpha value is -2.50. The average Bonchev–Trinajstić information content (AvgIpc) is 3.28. The number of aromatic amines is 1. The van der Waals surface area contributed by atoms with E-state index < -0.39 is 0 Å². The molecular weight excluding hydrogens is 320 g/mol. The fraction of sp³-hybridized carbons (Fsp3) is 0.474. The van der Waals surface area contributed by atoms with Gasteiger partial charge in [0.2, 0.25) is 12.7 Å². The molecule has 1 aromatic carbocycles. The average molecular weight is 342 g/mol. The Morgan fingerprint density at radius 1 is 1.20 bits per heavy atom. The van der Waals surface area contributed by atoms with Crippen LogP contribution in [0.2, 0.25) is 0 Å². The smallest absolute Gasteiger partial charge is 0.253 e. The minimum Gasteiger partial charge on any atom is -0.454 e. The molecule has 1 saturated carbocycles. The summed E-state index contributed by atoms with van der Waals surface area (Å²) in [7, 11) is 0. The Labute approximate surface area is 145 Å². The number of carbonyl (C=O) groups is 1. The summed E-state index contributed by atoms with van der Waals surface area (Å²) < 4.78 is 10.8. The highest BCUT2D eigenvalue weighted by Gasteiger charge is 2.26. The SMILES string of the molecule is CCC(=O)N(Cc1cc2cc3c(cc2[nH]c1=O)OCO3)C1CCCC1. The minimum absolute atomic E-state index is 0.108. The zero-order valence-corrected chi connectivity index (χ0v) is 14.3. The van der Waals surface area contributed by atoms with Crippen LogP contribution in [0.1, 0.15) is 44.6 Å². The molecule has 2 aliphatic rings. The van der Waals surface area contributed by atoms with Gasteiger partial charge in [-0.15, -0.1) is 0 Å². The number of H-pyrrole nitrogens is 1. The third kappa shape index (κ3) is 2.97. The molecule has 25 heavy (non-hydrogen) atoms. The van der Waals surface area contributed by atoms with Gasteiger partial charge in [-0.1, -0.05) is 19.8 Å². The van der Waals surface area contributed by atoms with Crippen LogP contribution < -0.4 is 15.0 Å². The summed E-state index contributed by atoms with van der Waals surface area (Å²) in [5.74, 6) is 1.43. The van der Waals surface area contributed by atoms with Gasteiger partial charge in [0.25, 0.3) is 5.56 Å². The first kappa shape index (κ1) is 16.0. The first-order valence-corrected chi connectivity index (χ1v) is 8.90. The molecule has 6 heteroatoms. The molecule has 0 spiro atoms. The molecule has 2 aromatic rings. The molecule has 0 saturated heterocycles. The quantitative estimate of drug-likeness (QED) is 0.927. The van der Waals surface area contributed by atoms with Gasteiger partial charge < -0.3 is 19.4 Å². The standard InChI is InChI=1S/C19H22N2O4/c1-2-18(22)21(14-5-3-4-6-14)10-13-7-12-8-16-17(25-11-24-16)9-15(12)20-19(13)23/h7-9,14H,2-6,10-11H2,1H3,(H,20,23). The molecule has 2 heterocycles. The van der Waals surface area contributed by atoms with E-state index in [-0.39, 0.29) is 24.3 Å². The van der Waals surface area contributed by atoms with Crippen molar-refractivity contribution in [1.29, 1.82) is 0 Å². The summed E-state index contributed by atoms with van der Waals surface area (Å²) >= 11 is 0. The number of rotatable bonds is 4. The predicted molar refractivity (Wildman–Crippen MR) is 93.8 cm³/mol. The van der Waals surface area contributed by atoms with Crippen molar-refractivity contribution in [2.45, 2.75) is 51.6 Å². The summed E-state index contributed by atoms with van der Waals surface area (Å²) in [6, 6.07) is 5.77. The number of hydrogen-bond donors (Lipinski definition) is 1. The van der Waals surface area contributed by atoms with E-state index >= 15 is 0 Å². The maximum absolute atomic E-state index is 12.5. The molecule has 1 aliphatic carbocycles. The Morgan fingerprint density at radius 2 is 1.92 bits per heavy atom. The van der Waals surface area contributed by atoms with Crippen LogP contribution in [-0.2, 0) is 11.3 Å². The predicted octanol–water partition coefficient (Wildman–Crippen LogP) is 2.94. The van der Waals surface area contributed by atoms with Crippen LogP contribution in [0.3, 0.4) is 0 Å². The van der Waals surface area contributed by atoms with Crippen LogP contribution in [0.5, 0.6) is 11.5 Å². The van der Waals surface area contributed by atoms with Gasteiger partial charge in [0.1, 0.15) is 0 Å². The normalized spacial score (nSPS) is 16.5. The summed E-state index contributed by atoms with van der Waals surface area (Å²) in [4.78, 5) is 29.7. The van der Waals surface area contributed by atoms with Crippen LogP contribution in [0.4, 0.5) is 0 Å². The number of amides is 1. The van der Waals surface area contributed by atoms with Gasteiger partial charge in [0, 0.05) is 29.5 Å². The van der Waals surface area contributed by atoms with Crippen LogP contribution in [0.25, 0.3) is 10.9 Å². The lowest BCUT2D eigenvalue weighted by atomic mass is 10.1. The van der Waals surface area contributed by atoms with Crippen molar-refractivity contribution in [1.82, 2.24) is 9.88 Å². The number of fused-ring (bicyclic) bond motifs is 2. The maximum Gasteiger partial charge on any atom is 0.253 e. The first-order valence-electron chi connectivity index (χ1n) is 8.90. The molecule has 1 amide bonds. The van der Waals surface area contributed by atoms with Crippen molar-refractivity contribution in [3.63, 3.8) is 0 Å². The zero-order chi connectivity index (χ0) is 17.4. The zero-order valence-electron chi connectivity index (χ0n) is 14.3. The fourth-order valence-electron chi connectivity index (χ4n) is 3.78. The van der Waals surface area contributed by atoms with Crippen LogP contribution in [0.15, 0.2) is 23.0 Å². The minimum atomic E-state index is -0.154. The van der Waals surface area contributed by atoms with E-state index in [0.717, 1.165) is 31.1 Å². The lowest BCUT2D eigenvalue weighted by Gasteiger charge is -2.28. The second-order valence-electron chi connectivity index (χ2n) is 6.73. The number of hydrogen-bond acceptors (Lipinski definition) is 4. The molecule has 132 valence electrons. The van der Waals surface area contributed by atoms with Gasteiger partial charge >= 0.3 is 0 Å². The van der Waals surface area contributed by atoms with Crippen molar-refractivity contribution in [2.24, 2.45) is 0 Å². The van der Waals surface area contributed by atoms with Gasteiger partial charge in [-0.05, 0) is 25.0 Å². The van der Waals surface area contributed by atoms with Crippen LogP contribution in [0, 0.1) is 0 Å². The van der Waals surface area contributed by atoms with Crippen molar-refractivity contribution in [3.8, 4) is 11.5 Å². The molecule has 1 fully saturated rings. The van der Waals surface area contributed by atoms with Gasteiger partial charge in [-0.25, -0.2) is 0 Å². The van der Waals surface area contributed by atoms with Crippen molar-refractivity contribution < 1.29 is 14.3 Å². The van der Waals surface area contributed by atoms with Crippen LogP contribution in [-0.4, -0.2) is 28.6 Å². The lowest BCUT2D eigenvalue weighted by Crippen LogP contribution is -2.39. The second kappa shape index (κ2) is 6.43. The molecule has 0 bridgehead atoms. The first-order chi connectivity index (χ1) is 12.2. The van der Waals surface area contributed by atoms with E-state index in [1.165, 1.54) is 0 Å². The Bertz CT molecular complexity index is 868. The second-order valence-corrected chi connectivity index (χ2v) is 6.73. The maximum atomic E-state index is 12.5. The Kier molecular flexibility index (Phi) is 4.11. The number of aromatic nitrogens is 1. The highest BCUT2D eigenvalue weighted by atomic mass is 16.7. The Morgan fingerprint density at radius 3 is 2.64 bits per heavy atom. The number of benzene rings is 1. The summed E-state index contributed by atoms with van der Waals surface area (Å²) in [6.07, 6.45) is 4.80. The molecule has 1 aromatic heterocycles. The topological polar surface area (TPSA) is 71.6 Å². The van der Waals surface area contributed by atoms with E-state index in [0.29, 0.717) is 35.5 Å². The third-order valence-electron chi connectivity index (χ3n) is 5.14. The molecular formula is C19H22N2O4. The molecule has 0 atom stereocenters. The molecule has 1 N–H and O–H groups in total. The van der Waals surface area contributed by atoms with E-state index in [9.17, 15) is 9.59 Å². The summed E-state index contributed by atoms with van der Waals surface area (Å²) in [6.45, 7) is 2.43. The number of nitrogens with one attached hydrogen (secondary N) is 1. The molecule has 6 nitrogen and oxygen atoms in total. The highest BCUT2D eigenvalue weighted by molar-refractivity contribution is 5.83. The lowest BCUT2D eigenvalue weighted by molar-refractivity contribution is -0.133. The molecule has 4 rings (SSSR count). The largest absolute Gasteiger partial charge is 0.454 e. The van der Waals surface area contributed by atoms with Gasteiger partial charge in [-0.2, -0.15) is 0 Å². The number of ether oxygens (including phenoxy) is 2. The van der Waals surface area contributed by atoms with Gasteiger partial charge in [-0.3, -0.25) is 9.59 Å². The van der Waals surface area contributed by atoms with Crippen molar-refractivity contribution in [3.05, 3.63) is 34.1 Å². The fourth-order valence-corrected chi connectivity index (χ4v) is 3.78. The van der Waals surface area contributed by atoms with Crippen molar-refractivity contribution in [2.75, 3.05) is 6.79 Å². The number of carbonyl (C=O) groups excluding carboxylic acids is 1. The van der Waals surface area contributed by atoms with Gasteiger partial charge in [0.05, 0.1) is 12.1 Å². The van der Waals surface area contributed by atoms with Gasteiger partial charge in [0.15, 0.2) is 11.5 Å². The Balaban J connectivity index is 1.69. The molecule has 0 radical (unpaired) electrons. The summed E-state index contributed by atoms with van der Waals surface area (Å²) in [5.41, 5.74) is 1.17. The monoisotopic (exact) mass is 342 g/mol. The number of pyridine rings is 1. The van der Waals surface area contributed by atoms with E-state index in [1.54, 1.807) is 6.07 Å². The number of nitrogens with zero attached hydrogens (tertiary/aromatic N) is 1. The van der Waals surface area contributed by atoms with E-state index in [4.69, 9.17) is 9.47 Å². The highest BCUT2D eigenvalue weighted by Crippen LogP contribution is 2.35. The van der Waals surface area contributed by atoms with Crippen molar-refractivity contribution >= 4 is 16.8 Å². The summed E-state index contributed by atoms with van der Waals surface area (Å²) in [5, 5.41) is 0.883. The van der Waals surface area contributed by atoms with E-state index in [1.807, 2.05) is 24.0 Å². The van der Waals surface area contributed by atoms with E-state index in [2.05, 4.69) is 4.98 Å². The van der Waals surface area contributed by atoms with Crippen LogP contribution >= 0.6 is 0 Å². The molecule has 0 unspecified atom stereocenters.